The number of anilines is 2. The maximum atomic E-state index is 12.3. The van der Waals surface area contributed by atoms with Crippen LogP contribution in [0.4, 0.5) is 10.8 Å². The lowest BCUT2D eigenvalue weighted by molar-refractivity contribution is 0.269. The topological polar surface area (TPSA) is 88.3 Å². The summed E-state index contributed by atoms with van der Waals surface area (Å²) in [6.45, 7) is 6.94. The predicted molar refractivity (Wildman–Crippen MR) is 87.6 cm³/mol. The monoisotopic (exact) mass is 332 g/mol. The minimum atomic E-state index is -3.35. The van der Waals surface area contributed by atoms with Crippen LogP contribution in [-0.4, -0.2) is 49.1 Å². The third kappa shape index (κ3) is 3.87. The molecule has 8 heteroatoms. The van der Waals surface area contributed by atoms with E-state index in [2.05, 4.69) is 21.5 Å². The molecule has 1 fully saturated rings. The van der Waals surface area contributed by atoms with Crippen molar-refractivity contribution in [3.63, 3.8) is 0 Å². The molecule has 1 aromatic rings. The molecule has 1 atom stereocenters. The highest BCUT2D eigenvalue weighted by Gasteiger charge is 2.25. The summed E-state index contributed by atoms with van der Waals surface area (Å²) in [5.74, 6) is 0.219. The first-order valence-corrected chi connectivity index (χ1v) is 9.84. The van der Waals surface area contributed by atoms with Crippen molar-refractivity contribution in [3.05, 3.63) is 0 Å². The molecular formula is C13H24N4O2S2. The molecule has 120 valence electrons. The summed E-state index contributed by atoms with van der Waals surface area (Å²) in [5.41, 5.74) is 5.76. The Kier molecular flexibility index (Phi) is 5.45. The lowest BCUT2D eigenvalue weighted by Gasteiger charge is -2.24. The molecule has 2 rings (SSSR count). The summed E-state index contributed by atoms with van der Waals surface area (Å²) in [7, 11) is -3.35. The van der Waals surface area contributed by atoms with Gasteiger partial charge in [0.25, 0.3) is 0 Å². The molecule has 1 aliphatic rings. The van der Waals surface area contributed by atoms with E-state index < -0.39 is 9.84 Å². The second kappa shape index (κ2) is 6.93. The Labute approximate surface area is 130 Å². The summed E-state index contributed by atoms with van der Waals surface area (Å²) in [4.78, 5) is 2.60. The summed E-state index contributed by atoms with van der Waals surface area (Å²) in [6, 6.07) is 0.373. The van der Waals surface area contributed by atoms with Gasteiger partial charge in [-0.1, -0.05) is 6.92 Å². The Morgan fingerprint density at radius 2 is 2.10 bits per heavy atom. The first kappa shape index (κ1) is 16.5. The second-order valence-electron chi connectivity index (χ2n) is 5.52. The van der Waals surface area contributed by atoms with Gasteiger partial charge in [-0.2, -0.15) is 4.37 Å². The van der Waals surface area contributed by atoms with Gasteiger partial charge in [-0.3, -0.25) is 4.90 Å². The fraction of sp³-hybridized carbons (Fsp3) is 0.769. The van der Waals surface area contributed by atoms with Gasteiger partial charge in [0.2, 0.25) is 0 Å². The normalized spacial score (nSPS) is 18.0. The molecule has 2 heterocycles. The van der Waals surface area contributed by atoms with Crippen molar-refractivity contribution in [2.45, 2.75) is 44.0 Å². The SMILES string of the molecule is CCCS(=O)(=O)c1c(N)nsc1NCC(C)N1CCCC1. The molecule has 0 aliphatic carbocycles. The van der Waals surface area contributed by atoms with Crippen molar-refractivity contribution in [1.82, 2.24) is 9.27 Å². The van der Waals surface area contributed by atoms with E-state index in [1.54, 1.807) is 0 Å². The third-order valence-electron chi connectivity index (χ3n) is 3.78. The Hall–Kier alpha value is -0.860. The quantitative estimate of drug-likeness (QED) is 0.791. The fourth-order valence-corrected chi connectivity index (χ4v) is 5.26. The minimum absolute atomic E-state index is 0.103. The number of nitrogens with one attached hydrogen (secondary N) is 1. The van der Waals surface area contributed by atoms with Crippen molar-refractivity contribution in [3.8, 4) is 0 Å². The van der Waals surface area contributed by atoms with Crippen molar-refractivity contribution in [2.75, 3.05) is 36.4 Å². The van der Waals surface area contributed by atoms with Crippen molar-refractivity contribution in [2.24, 2.45) is 0 Å². The highest BCUT2D eigenvalue weighted by molar-refractivity contribution is 7.91. The molecule has 0 spiro atoms. The van der Waals surface area contributed by atoms with Crippen LogP contribution in [0.2, 0.25) is 0 Å². The maximum absolute atomic E-state index is 12.3. The van der Waals surface area contributed by atoms with E-state index >= 15 is 0 Å². The van der Waals surface area contributed by atoms with Gasteiger partial charge in [0.1, 0.15) is 9.90 Å². The average Bonchev–Trinajstić information content (AvgIpc) is 3.05. The summed E-state index contributed by atoms with van der Waals surface area (Å²) in [5, 5.41) is 3.81. The van der Waals surface area contributed by atoms with E-state index in [-0.39, 0.29) is 16.5 Å². The lowest BCUT2D eigenvalue weighted by Crippen LogP contribution is -2.35. The average molecular weight is 332 g/mol. The van der Waals surface area contributed by atoms with Gasteiger partial charge in [0, 0.05) is 12.6 Å². The number of nitrogens with two attached hydrogens (primary N) is 1. The van der Waals surface area contributed by atoms with Gasteiger partial charge in [0.05, 0.1) is 5.75 Å². The molecular weight excluding hydrogens is 308 g/mol. The Balaban J connectivity index is 2.07. The van der Waals surface area contributed by atoms with Gasteiger partial charge in [0.15, 0.2) is 15.7 Å². The van der Waals surface area contributed by atoms with Gasteiger partial charge < -0.3 is 11.1 Å². The van der Waals surface area contributed by atoms with Crippen LogP contribution in [0, 0.1) is 0 Å². The Morgan fingerprint density at radius 1 is 1.43 bits per heavy atom. The number of aromatic nitrogens is 1. The van der Waals surface area contributed by atoms with Crippen LogP contribution < -0.4 is 11.1 Å². The Morgan fingerprint density at radius 3 is 2.71 bits per heavy atom. The highest BCUT2D eigenvalue weighted by atomic mass is 32.2. The van der Waals surface area contributed by atoms with Crippen molar-refractivity contribution < 1.29 is 8.42 Å². The Bertz CT molecular complexity index is 565. The van der Waals surface area contributed by atoms with Crippen molar-refractivity contribution >= 4 is 32.2 Å². The molecule has 0 bridgehead atoms. The van der Waals surface area contributed by atoms with Crippen LogP contribution in [0.25, 0.3) is 0 Å². The molecule has 0 radical (unpaired) electrons. The predicted octanol–water partition coefficient (Wildman–Crippen LogP) is 1.81. The molecule has 0 aromatic carbocycles. The molecule has 1 unspecified atom stereocenters. The van der Waals surface area contributed by atoms with Crippen LogP contribution in [-0.2, 0) is 9.84 Å². The molecule has 0 saturated carbocycles. The van der Waals surface area contributed by atoms with Crippen LogP contribution in [0.3, 0.4) is 0 Å². The van der Waals surface area contributed by atoms with E-state index in [9.17, 15) is 8.42 Å². The zero-order valence-electron chi connectivity index (χ0n) is 12.6. The summed E-state index contributed by atoms with van der Waals surface area (Å²) in [6.07, 6.45) is 3.06. The lowest BCUT2D eigenvalue weighted by atomic mass is 10.3. The first-order valence-electron chi connectivity index (χ1n) is 7.41. The van der Waals surface area contributed by atoms with Crippen LogP contribution in [0.15, 0.2) is 4.90 Å². The minimum Gasteiger partial charge on any atom is -0.382 e. The molecule has 1 aromatic heterocycles. The van der Waals surface area contributed by atoms with Crippen LogP contribution >= 0.6 is 11.5 Å². The molecule has 6 nitrogen and oxygen atoms in total. The van der Waals surface area contributed by atoms with Gasteiger partial charge >= 0.3 is 0 Å². The van der Waals surface area contributed by atoms with E-state index in [1.165, 1.54) is 12.8 Å². The number of hydrogen-bond acceptors (Lipinski definition) is 7. The molecule has 0 amide bonds. The van der Waals surface area contributed by atoms with E-state index in [0.717, 1.165) is 24.6 Å². The van der Waals surface area contributed by atoms with Gasteiger partial charge in [-0.25, -0.2) is 8.42 Å². The second-order valence-corrected chi connectivity index (χ2v) is 8.34. The van der Waals surface area contributed by atoms with Crippen LogP contribution in [0.5, 0.6) is 0 Å². The smallest absolute Gasteiger partial charge is 0.185 e. The molecule has 1 aliphatic heterocycles. The molecule has 21 heavy (non-hydrogen) atoms. The number of likely N-dealkylation sites (tertiary alicyclic amines) is 1. The summed E-state index contributed by atoms with van der Waals surface area (Å²) < 4.78 is 28.5. The number of hydrogen-bond donors (Lipinski definition) is 2. The van der Waals surface area contributed by atoms with Gasteiger partial charge in [-0.05, 0) is 50.8 Å². The van der Waals surface area contributed by atoms with E-state index in [1.807, 2.05) is 6.92 Å². The standard InChI is InChI=1S/C13H24N4O2S2/c1-3-8-21(18,19)11-12(14)16-20-13(11)15-9-10(2)17-6-4-5-7-17/h10,15H,3-9H2,1-2H3,(H2,14,16). The molecule has 3 N–H and O–H groups in total. The zero-order valence-corrected chi connectivity index (χ0v) is 14.3. The largest absolute Gasteiger partial charge is 0.382 e. The summed E-state index contributed by atoms with van der Waals surface area (Å²) >= 11 is 1.13. The number of nitrogens with zero attached hydrogens (tertiary/aromatic N) is 2. The third-order valence-corrected chi connectivity index (χ3v) is 6.71. The fourth-order valence-electron chi connectivity index (χ4n) is 2.63. The van der Waals surface area contributed by atoms with Crippen LogP contribution in [0.1, 0.15) is 33.1 Å². The first-order chi connectivity index (χ1) is 9.95. The number of sulfone groups is 1. The van der Waals surface area contributed by atoms with E-state index in [0.29, 0.717) is 24.0 Å². The number of rotatable bonds is 7. The number of nitrogen functional groups attached to an aromatic ring is 1. The molecule has 1 saturated heterocycles. The highest BCUT2D eigenvalue weighted by Crippen LogP contribution is 2.32. The van der Waals surface area contributed by atoms with E-state index in [4.69, 9.17) is 5.73 Å². The van der Waals surface area contributed by atoms with Crippen molar-refractivity contribution in [1.29, 1.82) is 0 Å². The zero-order chi connectivity index (χ0) is 15.5. The van der Waals surface area contributed by atoms with Gasteiger partial charge in [-0.15, -0.1) is 0 Å². The maximum Gasteiger partial charge on any atom is 0.185 e.